The quantitative estimate of drug-likeness (QED) is 0.668. The van der Waals surface area contributed by atoms with E-state index in [1.165, 1.54) is 15.3 Å². The number of carbonyl (C=O) groups is 1. The number of hydrogen-bond donors (Lipinski definition) is 2. The summed E-state index contributed by atoms with van der Waals surface area (Å²) in [5, 5.41) is 13.4. The van der Waals surface area contributed by atoms with Crippen molar-refractivity contribution < 1.29 is 9.21 Å². The van der Waals surface area contributed by atoms with Gasteiger partial charge in [-0.2, -0.15) is 5.26 Å². The van der Waals surface area contributed by atoms with Crippen molar-refractivity contribution in [2.75, 3.05) is 11.5 Å². The highest BCUT2D eigenvalue weighted by Crippen LogP contribution is 2.12. The molecule has 0 bridgehead atoms. The van der Waals surface area contributed by atoms with Crippen LogP contribution in [0, 0.1) is 23.0 Å². The van der Waals surface area contributed by atoms with Crippen LogP contribution in [0.1, 0.15) is 21.6 Å². The van der Waals surface area contributed by atoms with Crippen LogP contribution < -0.4 is 17.0 Å². The molecule has 1 aromatic carbocycles. The number of aryl methyl sites for hydroxylation is 1. The lowest BCUT2D eigenvalue weighted by molar-refractivity contribution is 0.0955. The number of rotatable bonds is 2. The fraction of sp³-hybridized carbons (Fsp3) is 0.0588. The summed E-state index contributed by atoms with van der Waals surface area (Å²) < 4.78 is 8.01. The minimum atomic E-state index is -0.286. The first-order chi connectivity index (χ1) is 12.4. The molecule has 0 aliphatic rings. The Labute approximate surface area is 153 Å². The maximum Gasteiger partial charge on any atom is 0.264 e. The Hall–Kier alpha value is -3.64. The molecule has 8 nitrogen and oxygen atoms in total. The predicted octanol–water partition coefficient (Wildman–Crippen LogP) is 2.01. The van der Waals surface area contributed by atoms with Crippen LogP contribution in [0.4, 0.5) is 11.6 Å². The average Bonchev–Trinajstić information content (AvgIpc) is 2.88. The number of nitrogens with two attached hydrogens (primary N) is 2. The first-order valence-corrected chi connectivity index (χ1v) is 7.88. The SMILES string of the molecule is Cc1cn(/N=c2/oc(N)cc(N)c2C#N)c(=S)n1C(=O)c1ccccc1. The molecular formula is C17H14N6O2S. The van der Waals surface area contributed by atoms with Crippen LogP contribution in [0.25, 0.3) is 0 Å². The van der Waals surface area contributed by atoms with Crippen LogP contribution in [-0.4, -0.2) is 15.2 Å². The van der Waals surface area contributed by atoms with Crippen molar-refractivity contribution in [3.05, 3.63) is 69.7 Å². The third-order valence-electron chi connectivity index (χ3n) is 3.60. The molecule has 3 rings (SSSR count). The Kier molecular flexibility index (Phi) is 4.43. The van der Waals surface area contributed by atoms with E-state index in [0.29, 0.717) is 11.3 Å². The van der Waals surface area contributed by atoms with Gasteiger partial charge in [-0.3, -0.25) is 9.36 Å². The largest absolute Gasteiger partial charge is 0.420 e. The lowest BCUT2D eigenvalue weighted by Crippen LogP contribution is -2.15. The van der Waals surface area contributed by atoms with Gasteiger partial charge in [0.15, 0.2) is 5.88 Å². The van der Waals surface area contributed by atoms with Crippen molar-refractivity contribution in [1.29, 1.82) is 5.26 Å². The lowest BCUT2D eigenvalue weighted by Gasteiger charge is -2.03. The molecule has 0 unspecified atom stereocenters. The molecule has 2 aromatic heterocycles. The molecule has 0 atom stereocenters. The van der Waals surface area contributed by atoms with Crippen molar-refractivity contribution in [1.82, 2.24) is 9.24 Å². The normalized spacial score (nSPS) is 11.3. The molecule has 2 heterocycles. The van der Waals surface area contributed by atoms with Crippen LogP contribution in [0.3, 0.4) is 0 Å². The number of imidazole rings is 1. The molecule has 130 valence electrons. The van der Waals surface area contributed by atoms with Gasteiger partial charge in [0.05, 0.1) is 11.9 Å². The van der Waals surface area contributed by atoms with Gasteiger partial charge in [-0.05, 0) is 31.3 Å². The summed E-state index contributed by atoms with van der Waals surface area (Å²) in [7, 11) is 0. The fourth-order valence-electron chi connectivity index (χ4n) is 2.39. The van der Waals surface area contributed by atoms with Gasteiger partial charge < -0.3 is 15.9 Å². The van der Waals surface area contributed by atoms with Crippen molar-refractivity contribution in [3.8, 4) is 6.07 Å². The highest BCUT2D eigenvalue weighted by Gasteiger charge is 2.15. The molecule has 0 aliphatic carbocycles. The molecule has 0 saturated carbocycles. The highest BCUT2D eigenvalue weighted by molar-refractivity contribution is 7.71. The number of hydrogen-bond acceptors (Lipinski definition) is 7. The van der Waals surface area contributed by atoms with E-state index >= 15 is 0 Å². The summed E-state index contributed by atoms with van der Waals surface area (Å²) in [6.45, 7) is 1.72. The van der Waals surface area contributed by atoms with Gasteiger partial charge in [-0.1, -0.05) is 18.2 Å². The zero-order valence-corrected chi connectivity index (χ0v) is 14.5. The van der Waals surface area contributed by atoms with Gasteiger partial charge >= 0.3 is 0 Å². The molecule has 0 saturated heterocycles. The second-order valence-corrected chi connectivity index (χ2v) is 5.77. The number of aromatic nitrogens is 2. The Bertz CT molecular complexity index is 1160. The van der Waals surface area contributed by atoms with Crippen LogP contribution in [-0.2, 0) is 0 Å². The molecule has 9 heteroatoms. The number of carbonyl (C=O) groups excluding carboxylic acids is 1. The predicted molar refractivity (Wildman–Crippen MR) is 97.4 cm³/mol. The van der Waals surface area contributed by atoms with Crippen LogP contribution in [0.15, 0.2) is 52.1 Å². The first-order valence-electron chi connectivity index (χ1n) is 7.47. The van der Waals surface area contributed by atoms with E-state index in [0.717, 1.165) is 0 Å². The number of benzene rings is 1. The molecule has 0 amide bonds. The number of anilines is 2. The number of nitrogen functional groups attached to an aromatic ring is 2. The highest BCUT2D eigenvalue weighted by atomic mass is 32.1. The molecule has 0 aliphatic heterocycles. The van der Waals surface area contributed by atoms with E-state index in [9.17, 15) is 10.1 Å². The van der Waals surface area contributed by atoms with E-state index in [-0.39, 0.29) is 33.4 Å². The smallest absolute Gasteiger partial charge is 0.264 e. The summed E-state index contributed by atoms with van der Waals surface area (Å²) in [4.78, 5) is 12.7. The maximum atomic E-state index is 12.7. The first kappa shape index (κ1) is 17.2. The summed E-state index contributed by atoms with van der Waals surface area (Å²) in [6, 6.07) is 12.0. The summed E-state index contributed by atoms with van der Waals surface area (Å²) in [6.07, 6.45) is 1.55. The Morgan fingerprint density at radius 2 is 2.00 bits per heavy atom. The minimum absolute atomic E-state index is 0.00304. The maximum absolute atomic E-state index is 12.7. The molecular weight excluding hydrogens is 352 g/mol. The third-order valence-corrected chi connectivity index (χ3v) is 3.97. The van der Waals surface area contributed by atoms with E-state index in [1.54, 1.807) is 37.4 Å². The standard InChI is InChI=1S/C17H14N6O2S/c1-10-9-22(21-15-12(8-18)13(19)7-14(20)25-15)17(26)23(10)16(24)11-5-3-2-4-6-11/h2-7,9H,19-20H2,1H3/b21-15+. The lowest BCUT2D eigenvalue weighted by atomic mass is 10.2. The summed E-state index contributed by atoms with van der Waals surface area (Å²) in [5.74, 6) is -0.283. The Morgan fingerprint density at radius 1 is 1.31 bits per heavy atom. The minimum Gasteiger partial charge on any atom is -0.420 e. The van der Waals surface area contributed by atoms with Crippen LogP contribution >= 0.6 is 12.2 Å². The zero-order chi connectivity index (χ0) is 18.8. The van der Waals surface area contributed by atoms with Crippen LogP contribution in [0.2, 0.25) is 0 Å². The van der Waals surface area contributed by atoms with E-state index in [2.05, 4.69) is 5.10 Å². The van der Waals surface area contributed by atoms with E-state index in [4.69, 9.17) is 28.1 Å². The monoisotopic (exact) mass is 366 g/mol. The Morgan fingerprint density at radius 3 is 2.65 bits per heavy atom. The zero-order valence-electron chi connectivity index (χ0n) is 13.7. The summed E-state index contributed by atoms with van der Waals surface area (Å²) in [5.41, 5.74) is 12.5. The van der Waals surface area contributed by atoms with Gasteiger partial charge in [-0.15, -0.1) is 5.10 Å². The molecule has 26 heavy (non-hydrogen) atoms. The van der Waals surface area contributed by atoms with Gasteiger partial charge in [0.2, 0.25) is 4.77 Å². The van der Waals surface area contributed by atoms with Gasteiger partial charge in [0.25, 0.3) is 11.5 Å². The number of nitriles is 1. The van der Waals surface area contributed by atoms with Gasteiger partial charge in [0, 0.05) is 17.3 Å². The van der Waals surface area contributed by atoms with Crippen LogP contribution in [0.5, 0.6) is 0 Å². The summed E-state index contributed by atoms with van der Waals surface area (Å²) >= 11 is 5.36. The molecule has 3 aromatic rings. The van der Waals surface area contributed by atoms with Gasteiger partial charge in [0.1, 0.15) is 11.6 Å². The molecule has 4 N–H and O–H groups in total. The number of nitrogens with zero attached hydrogens (tertiary/aromatic N) is 4. The molecule has 0 radical (unpaired) electrons. The van der Waals surface area contributed by atoms with Crippen molar-refractivity contribution in [3.63, 3.8) is 0 Å². The van der Waals surface area contributed by atoms with E-state index < -0.39 is 0 Å². The van der Waals surface area contributed by atoms with Crippen molar-refractivity contribution >= 4 is 29.7 Å². The van der Waals surface area contributed by atoms with Crippen molar-refractivity contribution in [2.24, 2.45) is 5.10 Å². The third kappa shape index (κ3) is 3.01. The second-order valence-electron chi connectivity index (χ2n) is 5.40. The molecule has 0 spiro atoms. The van der Waals surface area contributed by atoms with Gasteiger partial charge in [-0.25, -0.2) is 4.68 Å². The average molecular weight is 366 g/mol. The Balaban J connectivity index is 2.18. The fourth-order valence-corrected chi connectivity index (χ4v) is 2.71. The molecule has 0 fully saturated rings. The topological polar surface area (TPSA) is 128 Å². The van der Waals surface area contributed by atoms with Crippen molar-refractivity contribution in [2.45, 2.75) is 6.92 Å². The second kappa shape index (κ2) is 6.70. The van der Waals surface area contributed by atoms with E-state index in [1.807, 2.05) is 12.1 Å².